The number of benzene rings is 3. The van der Waals surface area contributed by atoms with E-state index in [0.29, 0.717) is 29.7 Å². The number of hydrogen-bond acceptors (Lipinski definition) is 2. The Kier molecular flexibility index (Phi) is 7.10. The van der Waals surface area contributed by atoms with Crippen LogP contribution >= 0.6 is 11.6 Å². The summed E-state index contributed by atoms with van der Waals surface area (Å²) in [6.45, 7) is 3.21. The van der Waals surface area contributed by atoms with E-state index < -0.39 is 0 Å². The Morgan fingerprint density at radius 2 is 1.64 bits per heavy atom. The second-order valence-electron chi connectivity index (χ2n) is 6.67. The summed E-state index contributed by atoms with van der Waals surface area (Å²) in [5, 5.41) is 3.74. The van der Waals surface area contributed by atoms with Crippen LogP contribution in [-0.4, -0.2) is 12.5 Å². The van der Waals surface area contributed by atoms with Gasteiger partial charge in [-0.05, 0) is 53.9 Å². The molecule has 0 saturated carbocycles. The normalized spacial score (nSPS) is 11.6. The average molecular weight is 394 g/mol. The molecule has 1 N–H and O–H groups in total. The van der Waals surface area contributed by atoms with Crippen molar-refractivity contribution in [1.29, 1.82) is 0 Å². The standard InChI is InChI=1S/C24H24ClNO2/c1-2-19(20-6-4-3-5-7-20)16-26-24(27)21-10-14-23(15-11-21)28-17-18-8-12-22(25)13-9-18/h3-15,19H,2,16-17H2,1H3,(H,26,27)/t19-/m1/s1. The summed E-state index contributed by atoms with van der Waals surface area (Å²) in [6.07, 6.45) is 0.974. The van der Waals surface area contributed by atoms with E-state index in [4.69, 9.17) is 16.3 Å². The molecule has 1 atom stereocenters. The van der Waals surface area contributed by atoms with Gasteiger partial charge in [-0.25, -0.2) is 0 Å². The summed E-state index contributed by atoms with van der Waals surface area (Å²) < 4.78 is 5.77. The molecule has 1 amide bonds. The minimum atomic E-state index is -0.0707. The summed E-state index contributed by atoms with van der Waals surface area (Å²) >= 11 is 5.89. The van der Waals surface area contributed by atoms with Crippen LogP contribution in [0.2, 0.25) is 5.02 Å². The summed E-state index contributed by atoms with van der Waals surface area (Å²) in [6, 6.07) is 25.0. The van der Waals surface area contributed by atoms with Gasteiger partial charge in [0, 0.05) is 23.0 Å². The highest BCUT2D eigenvalue weighted by molar-refractivity contribution is 6.30. The second kappa shape index (κ2) is 9.95. The third kappa shape index (κ3) is 5.61. The zero-order valence-corrected chi connectivity index (χ0v) is 16.7. The van der Waals surface area contributed by atoms with Gasteiger partial charge in [-0.2, -0.15) is 0 Å². The largest absolute Gasteiger partial charge is 0.489 e. The van der Waals surface area contributed by atoms with Crippen molar-refractivity contribution in [2.45, 2.75) is 25.9 Å². The van der Waals surface area contributed by atoms with E-state index in [1.54, 1.807) is 12.1 Å². The average Bonchev–Trinajstić information content (AvgIpc) is 2.75. The maximum Gasteiger partial charge on any atom is 0.251 e. The van der Waals surface area contributed by atoms with Gasteiger partial charge in [0.05, 0.1) is 0 Å². The first-order valence-corrected chi connectivity index (χ1v) is 9.84. The number of hydrogen-bond donors (Lipinski definition) is 1. The lowest BCUT2D eigenvalue weighted by Gasteiger charge is -2.16. The van der Waals surface area contributed by atoms with Gasteiger partial charge in [0.15, 0.2) is 0 Å². The van der Waals surface area contributed by atoms with E-state index in [2.05, 4.69) is 24.4 Å². The number of carbonyl (C=O) groups excluding carboxylic acids is 1. The molecule has 3 aromatic rings. The fraction of sp³-hybridized carbons (Fsp3) is 0.208. The summed E-state index contributed by atoms with van der Waals surface area (Å²) in [5.74, 6) is 0.966. The van der Waals surface area contributed by atoms with E-state index >= 15 is 0 Å². The first-order valence-electron chi connectivity index (χ1n) is 9.46. The minimum absolute atomic E-state index is 0.0707. The van der Waals surface area contributed by atoms with Crippen molar-refractivity contribution in [2.24, 2.45) is 0 Å². The van der Waals surface area contributed by atoms with Crippen LogP contribution in [0, 0.1) is 0 Å². The van der Waals surface area contributed by atoms with E-state index in [1.165, 1.54) is 5.56 Å². The van der Waals surface area contributed by atoms with Gasteiger partial charge in [-0.1, -0.05) is 61.0 Å². The fourth-order valence-corrected chi connectivity index (χ4v) is 3.12. The molecular weight excluding hydrogens is 370 g/mol. The number of halogens is 1. The van der Waals surface area contributed by atoms with Gasteiger partial charge in [-0.3, -0.25) is 4.79 Å². The smallest absolute Gasteiger partial charge is 0.251 e. The monoisotopic (exact) mass is 393 g/mol. The van der Waals surface area contributed by atoms with Crippen LogP contribution in [0.1, 0.15) is 40.7 Å². The molecule has 4 heteroatoms. The highest BCUT2D eigenvalue weighted by Gasteiger charge is 2.12. The maximum absolute atomic E-state index is 12.5. The van der Waals surface area contributed by atoms with Crippen molar-refractivity contribution in [3.05, 3.63) is 101 Å². The van der Waals surface area contributed by atoms with Gasteiger partial charge >= 0.3 is 0 Å². The Morgan fingerprint density at radius 3 is 2.29 bits per heavy atom. The number of ether oxygens (including phenoxy) is 1. The van der Waals surface area contributed by atoms with E-state index in [9.17, 15) is 4.79 Å². The van der Waals surface area contributed by atoms with E-state index in [1.807, 2.05) is 54.6 Å². The minimum Gasteiger partial charge on any atom is -0.489 e. The first-order chi connectivity index (χ1) is 13.7. The predicted octanol–water partition coefficient (Wildman–Crippen LogP) is 5.84. The van der Waals surface area contributed by atoms with Gasteiger partial charge in [-0.15, -0.1) is 0 Å². The van der Waals surface area contributed by atoms with Crippen molar-refractivity contribution in [3.63, 3.8) is 0 Å². The van der Waals surface area contributed by atoms with Gasteiger partial charge in [0.1, 0.15) is 12.4 Å². The number of amides is 1. The zero-order chi connectivity index (χ0) is 19.8. The molecule has 0 fully saturated rings. The number of nitrogens with one attached hydrogen (secondary N) is 1. The van der Waals surface area contributed by atoms with Crippen LogP contribution in [0.4, 0.5) is 0 Å². The molecule has 0 radical (unpaired) electrons. The van der Waals surface area contributed by atoms with Crippen molar-refractivity contribution >= 4 is 17.5 Å². The van der Waals surface area contributed by atoms with Gasteiger partial charge < -0.3 is 10.1 Å². The molecule has 0 bridgehead atoms. The zero-order valence-electron chi connectivity index (χ0n) is 15.9. The van der Waals surface area contributed by atoms with Crippen molar-refractivity contribution in [2.75, 3.05) is 6.54 Å². The molecule has 0 heterocycles. The highest BCUT2D eigenvalue weighted by Crippen LogP contribution is 2.19. The lowest BCUT2D eigenvalue weighted by atomic mass is 9.96. The quantitative estimate of drug-likeness (QED) is 0.521. The molecule has 0 spiro atoms. The molecule has 3 aromatic carbocycles. The molecule has 144 valence electrons. The van der Waals surface area contributed by atoms with Crippen LogP contribution in [0.3, 0.4) is 0 Å². The lowest BCUT2D eigenvalue weighted by molar-refractivity contribution is 0.0951. The molecule has 3 rings (SSSR count). The van der Waals surface area contributed by atoms with Crippen molar-refractivity contribution in [3.8, 4) is 5.75 Å². The van der Waals surface area contributed by atoms with Crippen LogP contribution < -0.4 is 10.1 Å². The molecule has 0 aliphatic rings. The van der Waals surface area contributed by atoms with E-state index in [-0.39, 0.29) is 5.91 Å². The third-order valence-electron chi connectivity index (χ3n) is 4.71. The molecule has 3 nitrogen and oxygen atoms in total. The van der Waals surface area contributed by atoms with Crippen molar-refractivity contribution in [1.82, 2.24) is 5.32 Å². The number of rotatable bonds is 8. The maximum atomic E-state index is 12.5. The molecule has 0 saturated heterocycles. The van der Waals surface area contributed by atoms with Crippen LogP contribution in [0.25, 0.3) is 0 Å². The molecular formula is C24H24ClNO2. The molecule has 0 aliphatic heterocycles. The molecule has 0 unspecified atom stereocenters. The Bertz CT molecular complexity index is 877. The van der Waals surface area contributed by atoms with Gasteiger partial charge in [0.25, 0.3) is 5.91 Å². The molecule has 0 aromatic heterocycles. The lowest BCUT2D eigenvalue weighted by Crippen LogP contribution is -2.28. The topological polar surface area (TPSA) is 38.3 Å². The Balaban J connectivity index is 1.52. The van der Waals surface area contributed by atoms with Crippen LogP contribution in [0.5, 0.6) is 5.75 Å². The third-order valence-corrected chi connectivity index (χ3v) is 4.96. The SMILES string of the molecule is CC[C@H](CNC(=O)c1ccc(OCc2ccc(Cl)cc2)cc1)c1ccccc1. The van der Waals surface area contributed by atoms with Crippen molar-refractivity contribution < 1.29 is 9.53 Å². The fourth-order valence-electron chi connectivity index (χ4n) is 2.99. The summed E-state index contributed by atoms with van der Waals surface area (Å²) in [4.78, 5) is 12.5. The first kappa shape index (κ1) is 20.0. The van der Waals surface area contributed by atoms with Gasteiger partial charge in [0.2, 0.25) is 0 Å². The number of carbonyl (C=O) groups is 1. The van der Waals surface area contributed by atoms with E-state index in [0.717, 1.165) is 17.7 Å². The molecule has 0 aliphatic carbocycles. The van der Waals surface area contributed by atoms with Crippen LogP contribution in [-0.2, 0) is 6.61 Å². The second-order valence-corrected chi connectivity index (χ2v) is 7.10. The van der Waals surface area contributed by atoms with Crippen LogP contribution in [0.15, 0.2) is 78.9 Å². The predicted molar refractivity (Wildman–Crippen MR) is 114 cm³/mol. The summed E-state index contributed by atoms with van der Waals surface area (Å²) in [5.41, 5.74) is 2.91. The Hall–Kier alpha value is -2.78. The Labute approximate surface area is 171 Å². The highest BCUT2D eigenvalue weighted by atomic mass is 35.5. The summed E-state index contributed by atoms with van der Waals surface area (Å²) in [7, 11) is 0. The molecule has 28 heavy (non-hydrogen) atoms. The Morgan fingerprint density at radius 1 is 0.964 bits per heavy atom.